The molecule has 0 radical (unpaired) electrons. The molecule has 0 aromatic heterocycles. The van der Waals surface area contributed by atoms with Gasteiger partial charge in [-0.05, 0) is 18.1 Å². The number of hydrogen-bond acceptors (Lipinski definition) is 2. The largest absolute Gasteiger partial charge is 0.722 e. The Morgan fingerprint density at radius 3 is 1.50 bits per heavy atom. The fourth-order valence-corrected chi connectivity index (χ4v) is 1.78. The quantitative estimate of drug-likeness (QED) is 0.578. The van der Waals surface area contributed by atoms with Crippen LogP contribution in [0.25, 0.3) is 0 Å². The highest BCUT2D eigenvalue weighted by Gasteiger charge is 2.25. The lowest BCUT2D eigenvalue weighted by Gasteiger charge is -2.34. The minimum absolute atomic E-state index is 0.858. The topological polar surface area (TPSA) is 32.3 Å². The average molecular weight is 213 g/mol. The monoisotopic (exact) mass is 213 g/mol. The zero-order chi connectivity index (χ0) is 11.4. The number of benzene rings is 2. The SMILES string of the molecule is CC(O[O-])(c1ccccc1)c1ccccc1. The molecule has 0 spiro atoms. The summed E-state index contributed by atoms with van der Waals surface area (Å²) in [6.45, 7) is 1.78. The summed E-state index contributed by atoms with van der Waals surface area (Å²) in [7, 11) is 0. The Labute approximate surface area is 95.1 Å². The summed E-state index contributed by atoms with van der Waals surface area (Å²) < 4.78 is 0. The average Bonchev–Trinajstić information content (AvgIpc) is 2.40. The van der Waals surface area contributed by atoms with E-state index in [1.807, 2.05) is 60.7 Å². The molecule has 0 unspecified atom stereocenters. The van der Waals surface area contributed by atoms with Gasteiger partial charge in [0, 0.05) is 0 Å². The molecule has 0 saturated heterocycles. The van der Waals surface area contributed by atoms with Crippen molar-refractivity contribution in [3.8, 4) is 0 Å². The second-order valence-corrected chi connectivity index (χ2v) is 3.85. The van der Waals surface area contributed by atoms with Gasteiger partial charge in [-0.1, -0.05) is 60.7 Å². The minimum Gasteiger partial charge on any atom is -0.722 e. The van der Waals surface area contributed by atoms with Gasteiger partial charge in [-0.2, -0.15) is 0 Å². The predicted molar refractivity (Wildman–Crippen MR) is 60.4 cm³/mol. The van der Waals surface area contributed by atoms with Crippen LogP contribution in [0.2, 0.25) is 0 Å². The Balaban J connectivity index is 2.49. The normalized spacial score (nSPS) is 11.4. The van der Waals surface area contributed by atoms with Crippen molar-refractivity contribution in [1.29, 1.82) is 0 Å². The van der Waals surface area contributed by atoms with E-state index in [-0.39, 0.29) is 0 Å². The van der Waals surface area contributed by atoms with Crippen LogP contribution in [0.5, 0.6) is 0 Å². The molecule has 0 aliphatic rings. The Kier molecular flexibility index (Phi) is 3.04. The maximum Gasteiger partial charge on any atom is 0.104 e. The van der Waals surface area contributed by atoms with Gasteiger partial charge in [-0.25, -0.2) is 0 Å². The molecule has 2 aromatic carbocycles. The van der Waals surface area contributed by atoms with E-state index in [4.69, 9.17) is 0 Å². The van der Waals surface area contributed by atoms with Gasteiger partial charge in [0.25, 0.3) is 0 Å². The molecule has 0 fully saturated rings. The Bertz CT molecular complexity index is 397. The Hall–Kier alpha value is -1.64. The molecule has 2 rings (SSSR count). The van der Waals surface area contributed by atoms with Crippen LogP contribution in [0, 0.1) is 0 Å². The lowest BCUT2D eigenvalue weighted by Crippen LogP contribution is -2.32. The molecule has 0 bridgehead atoms. The second kappa shape index (κ2) is 4.47. The van der Waals surface area contributed by atoms with Crippen molar-refractivity contribution < 1.29 is 10.1 Å². The first-order chi connectivity index (χ1) is 7.77. The van der Waals surface area contributed by atoms with Crippen molar-refractivity contribution in [2.45, 2.75) is 12.5 Å². The first-order valence-corrected chi connectivity index (χ1v) is 5.19. The van der Waals surface area contributed by atoms with E-state index in [1.165, 1.54) is 0 Å². The fraction of sp³-hybridized carbons (Fsp3) is 0.143. The molecule has 0 aliphatic heterocycles. The summed E-state index contributed by atoms with van der Waals surface area (Å²) in [4.78, 5) is 4.46. The van der Waals surface area contributed by atoms with Crippen molar-refractivity contribution in [2.24, 2.45) is 0 Å². The molecule has 82 valence electrons. The van der Waals surface area contributed by atoms with Crippen LogP contribution in [0.3, 0.4) is 0 Å². The van der Waals surface area contributed by atoms with Gasteiger partial charge < -0.3 is 10.1 Å². The molecule has 2 heteroatoms. The third kappa shape index (κ3) is 1.85. The van der Waals surface area contributed by atoms with Crippen LogP contribution in [-0.2, 0) is 10.5 Å². The van der Waals surface area contributed by atoms with Crippen LogP contribution in [0.1, 0.15) is 18.1 Å². The van der Waals surface area contributed by atoms with Crippen LogP contribution < -0.4 is 5.26 Å². The van der Waals surface area contributed by atoms with Gasteiger partial charge in [0.2, 0.25) is 0 Å². The highest BCUT2D eigenvalue weighted by molar-refractivity contribution is 5.34. The van der Waals surface area contributed by atoms with Crippen LogP contribution in [-0.4, -0.2) is 0 Å². The molecule has 0 amide bonds. The first kappa shape index (κ1) is 10.9. The van der Waals surface area contributed by atoms with E-state index >= 15 is 0 Å². The van der Waals surface area contributed by atoms with Crippen molar-refractivity contribution >= 4 is 0 Å². The van der Waals surface area contributed by atoms with Gasteiger partial charge in [0.05, 0.1) is 0 Å². The maximum absolute atomic E-state index is 11.1. The second-order valence-electron chi connectivity index (χ2n) is 3.85. The van der Waals surface area contributed by atoms with Crippen LogP contribution >= 0.6 is 0 Å². The van der Waals surface area contributed by atoms with Crippen molar-refractivity contribution in [1.82, 2.24) is 0 Å². The molecular weight excluding hydrogens is 200 g/mol. The molecule has 2 nitrogen and oxygen atoms in total. The molecule has 0 heterocycles. The van der Waals surface area contributed by atoms with Gasteiger partial charge in [-0.3, -0.25) is 0 Å². The van der Waals surface area contributed by atoms with Crippen molar-refractivity contribution in [3.05, 3.63) is 71.8 Å². The fourth-order valence-electron chi connectivity index (χ4n) is 1.78. The molecule has 0 N–H and O–H groups in total. The summed E-state index contributed by atoms with van der Waals surface area (Å²) >= 11 is 0. The van der Waals surface area contributed by atoms with Gasteiger partial charge in [0.1, 0.15) is 5.60 Å². The van der Waals surface area contributed by atoms with E-state index in [1.54, 1.807) is 6.92 Å². The lowest BCUT2D eigenvalue weighted by molar-refractivity contribution is -0.716. The summed E-state index contributed by atoms with van der Waals surface area (Å²) in [5.74, 6) is 0. The summed E-state index contributed by atoms with van der Waals surface area (Å²) in [6, 6.07) is 19.0. The Morgan fingerprint density at radius 1 is 0.812 bits per heavy atom. The van der Waals surface area contributed by atoms with Crippen molar-refractivity contribution in [3.63, 3.8) is 0 Å². The van der Waals surface area contributed by atoms with Gasteiger partial charge in [0.15, 0.2) is 0 Å². The van der Waals surface area contributed by atoms with Gasteiger partial charge in [-0.15, -0.1) is 0 Å². The molecule has 16 heavy (non-hydrogen) atoms. The highest BCUT2D eigenvalue weighted by Crippen LogP contribution is 2.31. The van der Waals surface area contributed by atoms with E-state index in [0.717, 1.165) is 11.1 Å². The molecule has 0 aliphatic carbocycles. The van der Waals surface area contributed by atoms with E-state index in [9.17, 15) is 5.26 Å². The standard InChI is InChI=1S/C14H14O2/c1-14(16-15,12-8-4-2-5-9-12)13-10-6-3-7-11-13/h2-11,15H,1H3/p-1. The van der Waals surface area contributed by atoms with E-state index < -0.39 is 5.60 Å². The minimum atomic E-state index is -0.928. The zero-order valence-electron chi connectivity index (χ0n) is 9.09. The smallest absolute Gasteiger partial charge is 0.104 e. The molecule has 0 saturated carbocycles. The van der Waals surface area contributed by atoms with E-state index in [0.29, 0.717) is 0 Å². The maximum atomic E-state index is 11.1. The van der Waals surface area contributed by atoms with Crippen LogP contribution in [0.15, 0.2) is 60.7 Å². The third-order valence-electron chi connectivity index (χ3n) is 2.82. The summed E-state index contributed by atoms with van der Waals surface area (Å²) in [5.41, 5.74) is 0.787. The molecular formula is C14H13O2-. The number of hydrogen-bond donors (Lipinski definition) is 0. The first-order valence-electron chi connectivity index (χ1n) is 5.19. The zero-order valence-corrected chi connectivity index (χ0v) is 9.09. The summed E-state index contributed by atoms with van der Waals surface area (Å²) in [6.07, 6.45) is 0. The lowest BCUT2D eigenvalue weighted by atomic mass is 9.88. The third-order valence-corrected chi connectivity index (χ3v) is 2.82. The number of rotatable bonds is 3. The predicted octanol–water partition coefficient (Wildman–Crippen LogP) is 2.24. The van der Waals surface area contributed by atoms with E-state index in [2.05, 4.69) is 4.89 Å². The summed E-state index contributed by atoms with van der Waals surface area (Å²) in [5, 5.41) is 11.1. The molecule has 0 atom stereocenters. The van der Waals surface area contributed by atoms with Gasteiger partial charge >= 0.3 is 0 Å². The van der Waals surface area contributed by atoms with Crippen LogP contribution in [0.4, 0.5) is 0 Å². The Morgan fingerprint density at radius 2 is 1.19 bits per heavy atom. The highest BCUT2D eigenvalue weighted by atomic mass is 17.1. The molecule has 2 aromatic rings. The van der Waals surface area contributed by atoms with Crippen molar-refractivity contribution in [2.75, 3.05) is 0 Å².